The summed E-state index contributed by atoms with van der Waals surface area (Å²) in [6.45, 7) is 0. The van der Waals surface area contributed by atoms with Gasteiger partial charge in [-0.15, -0.1) is 0 Å². The molecule has 1 aliphatic heterocycles. The van der Waals surface area contributed by atoms with Crippen molar-refractivity contribution in [3.63, 3.8) is 0 Å². The van der Waals surface area contributed by atoms with Crippen LogP contribution in [0.4, 0.5) is 5.95 Å². The molecule has 2 aromatic heterocycles. The molecule has 1 amide bonds. The molecule has 1 aliphatic rings. The van der Waals surface area contributed by atoms with Crippen LogP contribution in [-0.2, 0) is 0 Å². The van der Waals surface area contributed by atoms with Crippen LogP contribution in [0, 0.1) is 0 Å². The van der Waals surface area contributed by atoms with E-state index in [1.165, 1.54) is 30.5 Å². The number of hydrogen-bond donors (Lipinski definition) is 1. The molecule has 1 unspecified atom stereocenters. The van der Waals surface area contributed by atoms with Crippen LogP contribution in [0.3, 0.4) is 0 Å². The van der Waals surface area contributed by atoms with Gasteiger partial charge in [-0.25, -0.2) is 9.97 Å². The van der Waals surface area contributed by atoms with Crippen molar-refractivity contribution >= 4 is 50.4 Å². The van der Waals surface area contributed by atoms with Crippen LogP contribution in [0.2, 0.25) is 5.02 Å². The third-order valence-corrected chi connectivity index (χ3v) is 6.03. The zero-order valence-corrected chi connectivity index (χ0v) is 18.7. The van der Waals surface area contributed by atoms with Crippen LogP contribution in [0.1, 0.15) is 27.7 Å². The van der Waals surface area contributed by atoms with Gasteiger partial charge in [0, 0.05) is 17.4 Å². The van der Waals surface area contributed by atoms with Gasteiger partial charge < -0.3 is 14.3 Å². The number of aromatic nitrogens is 2. The van der Waals surface area contributed by atoms with Gasteiger partial charge in [0.1, 0.15) is 5.58 Å². The Morgan fingerprint density at radius 3 is 2.66 bits per heavy atom. The van der Waals surface area contributed by atoms with E-state index in [0.717, 1.165) is 0 Å². The first-order valence-electron chi connectivity index (χ1n) is 9.34. The fourth-order valence-corrected chi connectivity index (χ4v) is 4.42. The highest BCUT2D eigenvalue weighted by molar-refractivity contribution is 9.10. The average Bonchev–Trinajstić information content (AvgIpc) is 3.09. The SMILES string of the molecule is COc1cc(C2c3c(oc4ccc(Cl)cc4c3=O)C(=O)N2c2ncccn2)cc(Br)c1O. The number of hydrogen-bond acceptors (Lipinski definition) is 7. The fraction of sp³-hybridized carbons (Fsp3) is 0.0909. The second-order valence-electron chi connectivity index (χ2n) is 6.99. The Labute approximate surface area is 194 Å². The maximum absolute atomic E-state index is 13.6. The summed E-state index contributed by atoms with van der Waals surface area (Å²) in [4.78, 5) is 36.7. The predicted octanol–water partition coefficient (Wildman–Crippen LogP) is 4.46. The molecule has 2 aromatic carbocycles. The highest BCUT2D eigenvalue weighted by atomic mass is 79.9. The summed E-state index contributed by atoms with van der Waals surface area (Å²) < 4.78 is 11.5. The lowest BCUT2D eigenvalue weighted by Gasteiger charge is -2.23. The van der Waals surface area contributed by atoms with Crippen LogP contribution in [0.25, 0.3) is 11.0 Å². The second-order valence-corrected chi connectivity index (χ2v) is 8.29. The Morgan fingerprint density at radius 1 is 1.19 bits per heavy atom. The molecule has 160 valence electrons. The van der Waals surface area contributed by atoms with Crippen LogP contribution in [0.15, 0.2) is 62.5 Å². The van der Waals surface area contributed by atoms with Crippen molar-refractivity contribution in [3.05, 3.63) is 85.4 Å². The quantitative estimate of drug-likeness (QED) is 0.430. The number of carbonyl (C=O) groups is 1. The predicted molar refractivity (Wildman–Crippen MR) is 121 cm³/mol. The van der Waals surface area contributed by atoms with Gasteiger partial charge in [0.05, 0.1) is 28.6 Å². The molecular formula is C22H13BrClN3O5. The van der Waals surface area contributed by atoms with Crippen LogP contribution in [0.5, 0.6) is 11.5 Å². The zero-order chi connectivity index (χ0) is 22.6. The Morgan fingerprint density at radius 2 is 1.94 bits per heavy atom. The maximum atomic E-state index is 13.6. The lowest BCUT2D eigenvalue weighted by Crippen LogP contribution is -2.31. The number of carbonyl (C=O) groups excluding carboxylic acids is 1. The fourth-order valence-electron chi connectivity index (χ4n) is 3.79. The molecular weight excluding hydrogens is 502 g/mol. The van der Waals surface area contributed by atoms with Crippen molar-refractivity contribution in [2.45, 2.75) is 6.04 Å². The van der Waals surface area contributed by atoms with Gasteiger partial charge in [-0.05, 0) is 57.9 Å². The number of rotatable bonds is 3. The molecule has 0 fully saturated rings. The Hall–Kier alpha value is -3.43. The van der Waals surface area contributed by atoms with Crippen LogP contribution in [-0.4, -0.2) is 28.1 Å². The highest BCUT2D eigenvalue weighted by Crippen LogP contribution is 2.44. The summed E-state index contributed by atoms with van der Waals surface area (Å²) in [5.74, 6) is -0.518. The van der Waals surface area contributed by atoms with Crippen molar-refractivity contribution in [1.29, 1.82) is 0 Å². The number of phenols is 1. The molecule has 1 atom stereocenters. The molecule has 32 heavy (non-hydrogen) atoms. The number of nitrogens with zero attached hydrogens (tertiary/aromatic N) is 3. The number of aromatic hydroxyl groups is 1. The van der Waals surface area contributed by atoms with Crippen molar-refractivity contribution in [2.24, 2.45) is 0 Å². The summed E-state index contributed by atoms with van der Waals surface area (Å²) >= 11 is 9.40. The topological polar surface area (TPSA) is 106 Å². The maximum Gasteiger partial charge on any atom is 0.297 e. The molecule has 8 nitrogen and oxygen atoms in total. The van der Waals surface area contributed by atoms with E-state index in [0.29, 0.717) is 15.1 Å². The lowest BCUT2D eigenvalue weighted by atomic mass is 9.98. The first kappa shape index (κ1) is 20.5. The van der Waals surface area contributed by atoms with Crippen molar-refractivity contribution < 1.29 is 19.1 Å². The van der Waals surface area contributed by atoms with E-state index in [1.807, 2.05) is 0 Å². The monoisotopic (exact) mass is 513 g/mol. The molecule has 10 heteroatoms. The van der Waals surface area contributed by atoms with Gasteiger partial charge in [-0.2, -0.15) is 0 Å². The number of phenolic OH excluding ortho intramolecular Hbond substituents is 1. The average molecular weight is 515 g/mol. The first-order chi connectivity index (χ1) is 15.4. The second kappa shape index (κ2) is 7.61. The van der Waals surface area contributed by atoms with E-state index < -0.39 is 17.4 Å². The molecule has 3 heterocycles. The lowest BCUT2D eigenvalue weighted by molar-refractivity contribution is 0.0969. The molecule has 0 saturated heterocycles. The van der Waals surface area contributed by atoms with E-state index in [9.17, 15) is 14.7 Å². The molecule has 1 N–H and O–H groups in total. The third kappa shape index (κ3) is 3.04. The van der Waals surface area contributed by atoms with E-state index in [4.69, 9.17) is 20.8 Å². The standard InChI is InChI=1S/C22H13BrClN3O5/c1-31-15-8-10(7-13(23)19(15)29)17-16-18(28)12-9-11(24)3-4-14(12)32-20(16)21(30)27(17)22-25-5-2-6-26-22/h2-9,17,29H,1H3. The van der Waals surface area contributed by atoms with Gasteiger partial charge >= 0.3 is 0 Å². The molecule has 0 spiro atoms. The van der Waals surface area contributed by atoms with E-state index in [-0.39, 0.29) is 39.7 Å². The molecule has 0 saturated carbocycles. The van der Waals surface area contributed by atoms with Crippen LogP contribution >= 0.6 is 27.5 Å². The first-order valence-corrected chi connectivity index (χ1v) is 10.5. The Bertz CT molecular complexity index is 1460. The van der Waals surface area contributed by atoms with Gasteiger partial charge in [-0.1, -0.05) is 11.6 Å². The molecule has 4 aromatic rings. The summed E-state index contributed by atoms with van der Waals surface area (Å²) in [5.41, 5.74) is 0.450. The van der Waals surface area contributed by atoms with Gasteiger partial charge in [0.25, 0.3) is 5.91 Å². The minimum atomic E-state index is -0.926. The minimum absolute atomic E-state index is 0.0959. The van der Waals surface area contributed by atoms with Crippen molar-refractivity contribution in [3.8, 4) is 11.5 Å². The highest BCUT2D eigenvalue weighted by Gasteiger charge is 2.45. The number of fused-ring (bicyclic) bond motifs is 2. The molecule has 5 rings (SSSR count). The number of methoxy groups -OCH3 is 1. The summed E-state index contributed by atoms with van der Waals surface area (Å²) in [6.07, 6.45) is 2.99. The minimum Gasteiger partial charge on any atom is -0.503 e. The Kier molecular flexibility index (Phi) is 4.87. The smallest absolute Gasteiger partial charge is 0.297 e. The number of anilines is 1. The summed E-state index contributed by atoms with van der Waals surface area (Å²) in [7, 11) is 1.40. The molecule has 0 aliphatic carbocycles. The molecule has 0 radical (unpaired) electrons. The van der Waals surface area contributed by atoms with Gasteiger partial charge in [0.15, 0.2) is 16.9 Å². The van der Waals surface area contributed by atoms with Crippen LogP contribution < -0.4 is 15.1 Å². The normalized spacial score (nSPS) is 15.3. The van der Waals surface area contributed by atoms with Crippen molar-refractivity contribution in [1.82, 2.24) is 9.97 Å². The van der Waals surface area contributed by atoms with Gasteiger partial charge in [-0.3, -0.25) is 14.5 Å². The third-order valence-electron chi connectivity index (χ3n) is 5.19. The number of halogens is 2. The molecule has 0 bridgehead atoms. The number of amides is 1. The van der Waals surface area contributed by atoms with E-state index in [2.05, 4.69) is 25.9 Å². The van der Waals surface area contributed by atoms with Gasteiger partial charge in [0.2, 0.25) is 11.7 Å². The summed E-state index contributed by atoms with van der Waals surface area (Å²) in [6, 6.07) is 8.46. The largest absolute Gasteiger partial charge is 0.503 e. The zero-order valence-electron chi connectivity index (χ0n) is 16.4. The number of ether oxygens (including phenoxy) is 1. The van der Waals surface area contributed by atoms with E-state index in [1.54, 1.807) is 30.3 Å². The van der Waals surface area contributed by atoms with E-state index >= 15 is 0 Å². The Balaban J connectivity index is 1.85. The van der Waals surface area contributed by atoms with Crippen molar-refractivity contribution in [2.75, 3.05) is 12.0 Å². The summed E-state index contributed by atoms with van der Waals surface area (Å²) in [5, 5.41) is 10.9. The number of benzene rings is 2.